The Bertz CT molecular complexity index is 458. The van der Waals surface area contributed by atoms with E-state index in [1.807, 2.05) is 13.0 Å². The van der Waals surface area contributed by atoms with Gasteiger partial charge in [-0.1, -0.05) is 27.2 Å². The zero-order valence-corrected chi connectivity index (χ0v) is 12.5. The van der Waals surface area contributed by atoms with Crippen LogP contribution < -0.4 is 5.73 Å². The lowest BCUT2D eigenvalue weighted by Gasteiger charge is -2.45. The van der Waals surface area contributed by atoms with Gasteiger partial charge in [0.1, 0.15) is 5.82 Å². The molecule has 0 saturated heterocycles. The predicted molar refractivity (Wildman–Crippen MR) is 78.6 cm³/mol. The van der Waals surface area contributed by atoms with Gasteiger partial charge in [0, 0.05) is 11.8 Å². The van der Waals surface area contributed by atoms with Crippen LogP contribution in [0.3, 0.4) is 0 Å². The van der Waals surface area contributed by atoms with Gasteiger partial charge >= 0.3 is 0 Å². The monoisotopic (exact) mass is 262 g/mol. The van der Waals surface area contributed by atoms with E-state index in [4.69, 9.17) is 5.73 Å². The highest BCUT2D eigenvalue weighted by Crippen LogP contribution is 2.48. The third kappa shape index (κ3) is 2.62. The van der Waals surface area contributed by atoms with Crippen molar-refractivity contribution in [3.8, 4) is 0 Å². The molecule has 3 N–H and O–H groups in total. The largest absolute Gasteiger partial charge is 0.385 e. The first-order valence-electron chi connectivity index (χ1n) is 7.29. The van der Waals surface area contributed by atoms with Crippen molar-refractivity contribution in [1.29, 1.82) is 0 Å². The fourth-order valence-electron chi connectivity index (χ4n) is 3.61. The first-order valence-corrected chi connectivity index (χ1v) is 7.29. The maximum Gasteiger partial charge on any atom is 0.129 e. The molecule has 3 atom stereocenters. The van der Waals surface area contributed by atoms with E-state index in [0.29, 0.717) is 17.7 Å². The minimum Gasteiger partial charge on any atom is -0.385 e. The summed E-state index contributed by atoms with van der Waals surface area (Å²) in [4.78, 5) is 4.24. The summed E-state index contributed by atoms with van der Waals surface area (Å²) in [7, 11) is 0. The first-order chi connectivity index (χ1) is 8.84. The van der Waals surface area contributed by atoms with Gasteiger partial charge < -0.3 is 10.8 Å². The number of aromatic nitrogens is 1. The molecule has 1 aliphatic carbocycles. The zero-order valence-electron chi connectivity index (χ0n) is 12.5. The molecule has 1 heterocycles. The third-order valence-corrected chi connectivity index (χ3v) is 4.57. The second kappa shape index (κ2) is 5.12. The van der Waals surface area contributed by atoms with E-state index in [1.54, 1.807) is 6.20 Å². The molecule has 19 heavy (non-hydrogen) atoms. The van der Waals surface area contributed by atoms with E-state index in [0.717, 1.165) is 24.0 Å². The van der Waals surface area contributed by atoms with E-state index < -0.39 is 5.60 Å². The summed E-state index contributed by atoms with van der Waals surface area (Å²) in [5.41, 5.74) is 7.10. The van der Waals surface area contributed by atoms with Gasteiger partial charge in [-0.25, -0.2) is 4.98 Å². The molecule has 1 aliphatic rings. The number of nitrogen functional groups attached to an aromatic ring is 1. The van der Waals surface area contributed by atoms with Crippen molar-refractivity contribution in [2.75, 3.05) is 5.73 Å². The molecule has 3 heteroatoms. The summed E-state index contributed by atoms with van der Waals surface area (Å²) in [6.45, 7) is 8.58. The maximum absolute atomic E-state index is 11.3. The molecule has 0 bridgehead atoms. The highest BCUT2D eigenvalue weighted by molar-refractivity contribution is 5.45. The molecule has 1 fully saturated rings. The molecule has 1 saturated carbocycles. The normalized spacial score (nSPS) is 31.7. The Hall–Kier alpha value is -1.09. The SMILES string of the molecule is Cc1cnc(N)c(C2(O)CC(C)CCC2C(C)C)c1. The summed E-state index contributed by atoms with van der Waals surface area (Å²) in [5, 5.41) is 11.3. The number of aryl methyl sites for hydroxylation is 1. The molecule has 1 aromatic rings. The Morgan fingerprint density at radius 3 is 2.74 bits per heavy atom. The summed E-state index contributed by atoms with van der Waals surface area (Å²) < 4.78 is 0. The number of hydrogen-bond acceptors (Lipinski definition) is 3. The highest BCUT2D eigenvalue weighted by atomic mass is 16.3. The quantitative estimate of drug-likeness (QED) is 0.860. The van der Waals surface area contributed by atoms with Gasteiger partial charge in [0.2, 0.25) is 0 Å². The van der Waals surface area contributed by atoms with Crippen LogP contribution in [-0.4, -0.2) is 10.1 Å². The molecule has 1 aromatic heterocycles. The Kier molecular flexibility index (Phi) is 3.86. The number of aliphatic hydroxyl groups is 1. The number of nitrogens with zero attached hydrogens (tertiary/aromatic N) is 1. The first kappa shape index (κ1) is 14.3. The number of anilines is 1. The van der Waals surface area contributed by atoms with E-state index in [-0.39, 0.29) is 5.92 Å². The smallest absolute Gasteiger partial charge is 0.129 e. The lowest BCUT2D eigenvalue weighted by atomic mass is 9.64. The van der Waals surface area contributed by atoms with Crippen molar-refractivity contribution in [2.24, 2.45) is 17.8 Å². The average Bonchev–Trinajstić information content (AvgIpc) is 2.31. The molecular weight excluding hydrogens is 236 g/mol. The fourth-order valence-corrected chi connectivity index (χ4v) is 3.61. The van der Waals surface area contributed by atoms with Crippen LogP contribution in [0.25, 0.3) is 0 Å². The van der Waals surface area contributed by atoms with Crippen molar-refractivity contribution in [3.63, 3.8) is 0 Å². The Morgan fingerprint density at radius 2 is 2.11 bits per heavy atom. The van der Waals surface area contributed by atoms with Crippen molar-refractivity contribution in [1.82, 2.24) is 4.98 Å². The molecule has 0 radical (unpaired) electrons. The lowest BCUT2D eigenvalue weighted by molar-refractivity contribution is -0.0862. The summed E-state index contributed by atoms with van der Waals surface area (Å²) in [5.74, 6) is 1.71. The van der Waals surface area contributed by atoms with E-state index in [1.165, 1.54) is 6.42 Å². The standard InChI is InChI=1S/C16H26N2O/c1-10(2)13-6-5-11(3)8-16(13,19)14-7-12(4)9-18-15(14)17/h7,9-11,13,19H,5-6,8H2,1-4H3,(H2,17,18). The molecule has 3 nitrogen and oxygen atoms in total. The molecule has 0 amide bonds. The van der Waals surface area contributed by atoms with Gasteiger partial charge in [0.15, 0.2) is 0 Å². The minimum atomic E-state index is -0.824. The molecule has 3 unspecified atom stereocenters. The van der Waals surface area contributed by atoms with Crippen LogP contribution in [0.4, 0.5) is 5.82 Å². The van der Waals surface area contributed by atoms with Crippen LogP contribution in [0.15, 0.2) is 12.3 Å². The Balaban J connectivity index is 2.49. The Labute approximate surface area is 116 Å². The summed E-state index contributed by atoms with van der Waals surface area (Å²) in [6.07, 6.45) is 4.79. The molecule has 106 valence electrons. The van der Waals surface area contributed by atoms with E-state index in [2.05, 4.69) is 25.8 Å². The molecule has 0 spiro atoms. The molecule has 0 aromatic carbocycles. The summed E-state index contributed by atoms with van der Waals surface area (Å²) >= 11 is 0. The minimum absolute atomic E-state index is 0.259. The topological polar surface area (TPSA) is 59.1 Å². The number of nitrogens with two attached hydrogens (primary N) is 1. The summed E-state index contributed by atoms with van der Waals surface area (Å²) in [6, 6.07) is 2.01. The lowest BCUT2D eigenvalue weighted by Crippen LogP contribution is -2.43. The van der Waals surface area contributed by atoms with E-state index in [9.17, 15) is 5.11 Å². The number of pyridine rings is 1. The van der Waals surface area contributed by atoms with Crippen molar-refractivity contribution in [3.05, 3.63) is 23.4 Å². The van der Waals surface area contributed by atoms with Crippen LogP contribution >= 0.6 is 0 Å². The number of rotatable bonds is 2. The molecular formula is C16H26N2O. The van der Waals surface area contributed by atoms with Crippen molar-refractivity contribution >= 4 is 5.82 Å². The van der Waals surface area contributed by atoms with Crippen molar-refractivity contribution in [2.45, 2.75) is 52.6 Å². The highest BCUT2D eigenvalue weighted by Gasteiger charge is 2.45. The van der Waals surface area contributed by atoms with Gasteiger partial charge in [-0.3, -0.25) is 0 Å². The van der Waals surface area contributed by atoms with Crippen molar-refractivity contribution < 1.29 is 5.11 Å². The van der Waals surface area contributed by atoms with Gasteiger partial charge in [-0.2, -0.15) is 0 Å². The zero-order chi connectivity index (χ0) is 14.2. The van der Waals surface area contributed by atoms with Crippen LogP contribution in [0.5, 0.6) is 0 Å². The van der Waals surface area contributed by atoms with Crippen LogP contribution in [-0.2, 0) is 5.60 Å². The molecule has 2 rings (SSSR count). The van der Waals surface area contributed by atoms with Crippen LogP contribution in [0.2, 0.25) is 0 Å². The van der Waals surface area contributed by atoms with E-state index >= 15 is 0 Å². The van der Waals surface area contributed by atoms with Gasteiger partial charge in [-0.15, -0.1) is 0 Å². The fraction of sp³-hybridized carbons (Fsp3) is 0.688. The van der Waals surface area contributed by atoms with Crippen LogP contribution in [0.1, 0.15) is 51.2 Å². The van der Waals surface area contributed by atoms with Gasteiger partial charge in [-0.05, 0) is 49.1 Å². The van der Waals surface area contributed by atoms with Gasteiger partial charge in [0.05, 0.1) is 5.60 Å². The maximum atomic E-state index is 11.3. The van der Waals surface area contributed by atoms with Gasteiger partial charge in [0.25, 0.3) is 0 Å². The predicted octanol–water partition coefficient (Wildman–Crippen LogP) is 3.25. The average molecular weight is 262 g/mol. The molecule has 0 aliphatic heterocycles. The third-order valence-electron chi connectivity index (χ3n) is 4.57. The van der Waals surface area contributed by atoms with Crippen LogP contribution in [0, 0.1) is 24.7 Å². The Morgan fingerprint density at radius 1 is 1.42 bits per heavy atom. The second-order valence-corrected chi connectivity index (χ2v) is 6.61. The number of hydrogen-bond donors (Lipinski definition) is 2. The second-order valence-electron chi connectivity index (χ2n) is 6.61.